The molecule has 5 heteroatoms. The maximum atomic E-state index is 12.1. The molecule has 19 heavy (non-hydrogen) atoms. The van der Waals surface area contributed by atoms with Gasteiger partial charge in [0.2, 0.25) is 0 Å². The summed E-state index contributed by atoms with van der Waals surface area (Å²) in [6.07, 6.45) is -0.403. The fourth-order valence-corrected chi connectivity index (χ4v) is 2.06. The second-order valence-corrected chi connectivity index (χ2v) is 4.62. The van der Waals surface area contributed by atoms with Gasteiger partial charge in [-0.1, -0.05) is 0 Å². The predicted octanol–water partition coefficient (Wildman–Crippen LogP) is 0.919. The molecule has 1 heterocycles. The number of carbonyl (C=O) groups excluding carboxylic acids is 1. The molecule has 0 spiro atoms. The maximum absolute atomic E-state index is 12.1. The summed E-state index contributed by atoms with van der Waals surface area (Å²) in [5, 5.41) is 18.1. The van der Waals surface area contributed by atoms with Gasteiger partial charge in [-0.2, -0.15) is 5.26 Å². The van der Waals surface area contributed by atoms with E-state index >= 15 is 0 Å². The number of carbonyl (C=O) groups is 1. The van der Waals surface area contributed by atoms with Crippen molar-refractivity contribution in [3.8, 4) is 11.8 Å². The lowest BCUT2D eigenvalue weighted by Crippen LogP contribution is -2.39. The normalized spacial score (nSPS) is 19.8. The number of rotatable bonds is 3. The minimum Gasteiger partial charge on any atom is -0.481 e. The molecule has 2 atom stereocenters. The van der Waals surface area contributed by atoms with E-state index in [1.807, 2.05) is 6.07 Å². The minimum atomic E-state index is -0.599. The summed E-state index contributed by atoms with van der Waals surface area (Å²) < 4.78 is 5.54. The van der Waals surface area contributed by atoms with Crippen LogP contribution in [-0.4, -0.2) is 41.2 Å². The van der Waals surface area contributed by atoms with Crippen LogP contribution in [0.25, 0.3) is 0 Å². The van der Waals surface area contributed by atoms with Crippen molar-refractivity contribution in [2.75, 3.05) is 13.1 Å². The summed E-state index contributed by atoms with van der Waals surface area (Å²) in [4.78, 5) is 13.7. The third kappa shape index (κ3) is 3.24. The standard InChI is InChI=1S/C14H16N2O3/c1-10(14(18)16-7-6-12(17)9-16)19-13-4-2-11(8-15)3-5-13/h2-5,10,12,17H,6-7,9H2,1H3/t10?,12-/m1/s1. The zero-order valence-electron chi connectivity index (χ0n) is 10.7. The molecule has 1 N–H and O–H groups in total. The van der Waals surface area contributed by atoms with Gasteiger partial charge in [0, 0.05) is 13.1 Å². The van der Waals surface area contributed by atoms with E-state index in [1.165, 1.54) is 0 Å². The van der Waals surface area contributed by atoms with Crippen molar-refractivity contribution in [2.45, 2.75) is 25.6 Å². The fraction of sp³-hybridized carbons (Fsp3) is 0.429. The number of aliphatic hydroxyl groups is 1. The Morgan fingerprint density at radius 3 is 2.74 bits per heavy atom. The van der Waals surface area contributed by atoms with Crippen LogP contribution < -0.4 is 4.74 Å². The Balaban J connectivity index is 1.94. The highest BCUT2D eigenvalue weighted by atomic mass is 16.5. The van der Waals surface area contributed by atoms with E-state index < -0.39 is 12.2 Å². The molecule has 0 aromatic heterocycles. The smallest absolute Gasteiger partial charge is 0.263 e. The lowest BCUT2D eigenvalue weighted by Gasteiger charge is -2.21. The summed E-state index contributed by atoms with van der Waals surface area (Å²) >= 11 is 0. The van der Waals surface area contributed by atoms with E-state index in [-0.39, 0.29) is 5.91 Å². The molecule has 1 amide bonds. The lowest BCUT2D eigenvalue weighted by molar-refractivity contribution is -0.137. The first-order valence-electron chi connectivity index (χ1n) is 6.24. The van der Waals surface area contributed by atoms with Crippen LogP contribution in [0.2, 0.25) is 0 Å². The average molecular weight is 260 g/mol. The van der Waals surface area contributed by atoms with Crippen LogP contribution in [0.3, 0.4) is 0 Å². The van der Waals surface area contributed by atoms with Gasteiger partial charge in [0.15, 0.2) is 6.10 Å². The molecule has 2 rings (SSSR count). The van der Waals surface area contributed by atoms with Crippen molar-refractivity contribution in [1.29, 1.82) is 5.26 Å². The van der Waals surface area contributed by atoms with Gasteiger partial charge >= 0.3 is 0 Å². The highest BCUT2D eigenvalue weighted by Gasteiger charge is 2.28. The number of aliphatic hydroxyl groups excluding tert-OH is 1. The van der Waals surface area contributed by atoms with Crippen molar-refractivity contribution in [1.82, 2.24) is 4.90 Å². The van der Waals surface area contributed by atoms with E-state index in [0.717, 1.165) is 0 Å². The van der Waals surface area contributed by atoms with E-state index in [0.29, 0.717) is 30.8 Å². The third-order valence-electron chi connectivity index (χ3n) is 3.12. The van der Waals surface area contributed by atoms with Crippen molar-refractivity contribution >= 4 is 5.91 Å². The number of hydrogen-bond donors (Lipinski definition) is 1. The van der Waals surface area contributed by atoms with Crippen molar-refractivity contribution in [3.05, 3.63) is 29.8 Å². The molecule has 0 aliphatic carbocycles. The number of benzene rings is 1. The molecular weight excluding hydrogens is 244 g/mol. The Labute approximate surface area is 112 Å². The van der Waals surface area contributed by atoms with Gasteiger partial charge in [0.05, 0.1) is 17.7 Å². The lowest BCUT2D eigenvalue weighted by atomic mass is 10.2. The number of hydrogen-bond acceptors (Lipinski definition) is 4. The second kappa shape index (κ2) is 5.72. The van der Waals surface area contributed by atoms with E-state index in [9.17, 15) is 9.90 Å². The Morgan fingerprint density at radius 1 is 1.53 bits per heavy atom. The molecule has 100 valence electrons. The van der Waals surface area contributed by atoms with Gasteiger partial charge in [-0.05, 0) is 37.6 Å². The Kier molecular flexibility index (Phi) is 4.03. The molecule has 1 saturated heterocycles. The zero-order chi connectivity index (χ0) is 13.8. The number of amides is 1. The average Bonchev–Trinajstić information content (AvgIpc) is 2.85. The van der Waals surface area contributed by atoms with Crippen LogP contribution in [0.1, 0.15) is 18.9 Å². The van der Waals surface area contributed by atoms with Crippen LogP contribution >= 0.6 is 0 Å². The number of nitriles is 1. The quantitative estimate of drug-likeness (QED) is 0.877. The first kappa shape index (κ1) is 13.4. The Hall–Kier alpha value is -2.06. The Bertz CT molecular complexity index is 492. The molecule has 0 bridgehead atoms. The molecule has 1 aliphatic heterocycles. The summed E-state index contributed by atoms with van der Waals surface area (Å²) in [5.41, 5.74) is 0.550. The molecule has 0 radical (unpaired) electrons. The Morgan fingerprint density at radius 2 is 2.21 bits per heavy atom. The van der Waals surface area contributed by atoms with Crippen LogP contribution in [0, 0.1) is 11.3 Å². The molecule has 1 unspecified atom stereocenters. The molecule has 1 aliphatic rings. The van der Waals surface area contributed by atoms with Crippen molar-refractivity contribution < 1.29 is 14.6 Å². The van der Waals surface area contributed by atoms with Crippen LogP contribution in [0.15, 0.2) is 24.3 Å². The zero-order valence-corrected chi connectivity index (χ0v) is 10.7. The van der Waals surface area contributed by atoms with Gasteiger partial charge < -0.3 is 14.7 Å². The predicted molar refractivity (Wildman–Crippen MR) is 68.5 cm³/mol. The van der Waals surface area contributed by atoms with E-state index in [1.54, 1.807) is 36.1 Å². The summed E-state index contributed by atoms with van der Waals surface area (Å²) in [6.45, 7) is 2.63. The first-order valence-corrected chi connectivity index (χ1v) is 6.24. The van der Waals surface area contributed by atoms with Crippen LogP contribution in [0.4, 0.5) is 0 Å². The molecular formula is C14H16N2O3. The summed E-state index contributed by atoms with van der Waals surface area (Å²) in [6, 6.07) is 8.65. The highest BCUT2D eigenvalue weighted by Crippen LogP contribution is 2.16. The van der Waals surface area contributed by atoms with E-state index in [4.69, 9.17) is 10.00 Å². The van der Waals surface area contributed by atoms with Crippen LogP contribution in [-0.2, 0) is 4.79 Å². The van der Waals surface area contributed by atoms with Crippen molar-refractivity contribution in [2.24, 2.45) is 0 Å². The third-order valence-corrected chi connectivity index (χ3v) is 3.12. The van der Waals surface area contributed by atoms with Gasteiger partial charge in [-0.3, -0.25) is 4.79 Å². The van der Waals surface area contributed by atoms with Crippen molar-refractivity contribution in [3.63, 3.8) is 0 Å². The molecule has 1 aromatic rings. The number of ether oxygens (including phenoxy) is 1. The molecule has 5 nitrogen and oxygen atoms in total. The number of likely N-dealkylation sites (tertiary alicyclic amines) is 1. The molecule has 1 aromatic carbocycles. The fourth-order valence-electron chi connectivity index (χ4n) is 2.06. The highest BCUT2D eigenvalue weighted by molar-refractivity contribution is 5.81. The van der Waals surface area contributed by atoms with Gasteiger partial charge in [0.25, 0.3) is 5.91 Å². The van der Waals surface area contributed by atoms with Crippen LogP contribution in [0.5, 0.6) is 5.75 Å². The number of nitrogens with zero attached hydrogens (tertiary/aromatic N) is 2. The topological polar surface area (TPSA) is 73.6 Å². The van der Waals surface area contributed by atoms with E-state index in [2.05, 4.69) is 0 Å². The summed E-state index contributed by atoms with van der Waals surface area (Å²) in [5.74, 6) is 0.431. The minimum absolute atomic E-state index is 0.124. The molecule has 0 saturated carbocycles. The maximum Gasteiger partial charge on any atom is 0.263 e. The first-order chi connectivity index (χ1) is 9.10. The number of β-amino-alcohol motifs (C(OH)–C–C–N with tert-alkyl or cyclic N) is 1. The van der Waals surface area contributed by atoms with Gasteiger partial charge in [-0.15, -0.1) is 0 Å². The van der Waals surface area contributed by atoms with Gasteiger partial charge in [0.1, 0.15) is 5.75 Å². The largest absolute Gasteiger partial charge is 0.481 e. The summed E-state index contributed by atoms with van der Waals surface area (Å²) in [7, 11) is 0. The molecule has 1 fully saturated rings. The second-order valence-electron chi connectivity index (χ2n) is 4.62. The van der Waals surface area contributed by atoms with Gasteiger partial charge in [-0.25, -0.2) is 0 Å². The monoisotopic (exact) mass is 260 g/mol. The SMILES string of the molecule is CC(Oc1ccc(C#N)cc1)C(=O)N1CC[C@@H](O)C1.